The standard InChI is InChI=1S/C12H16ClN3O6S/c1-22-7-8-3-2-6-15(8)14-23(20,21)12-9(13)4-5-10(11(12)17)16(18)19/h4-5,8,14,17H,2-3,6-7H2,1H3/t8-/m0/s1. The predicted octanol–water partition coefficient (Wildman–Crippen LogP) is 1.26. The van der Waals surface area contributed by atoms with Gasteiger partial charge in [0.25, 0.3) is 10.0 Å². The van der Waals surface area contributed by atoms with Crippen LogP contribution in [0.2, 0.25) is 5.02 Å². The van der Waals surface area contributed by atoms with Crippen molar-refractivity contribution in [2.45, 2.75) is 23.8 Å². The molecule has 1 aromatic rings. The number of hydrogen-bond acceptors (Lipinski definition) is 7. The van der Waals surface area contributed by atoms with E-state index in [2.05, 4.69) is 4.83 Å². The summed E-state index contributed by atoms with van der Waals surface area (Å²) in [5.41, 5.74) is -0.732. The maximum atomic E-state index is 12.5. The lowest BCUT2D eigenvalue weighted by molar-refractivity contribution is -0.386. The van der Waals surface area contributed by atoms with Crippen LogP contribution in [0.5, 0.6) is 5.75 Å². The summed E-state index contributed by atoms with van der Waals surface area (Å²) in [6.07, 6.45) is 1.51. The van der Waals surface area contributed by atoms with Gasteiger partial charge in [-0.3, -0.25) is 10.1 Å². The van der Waals surface area contributed by atoms with Crippen LogP contribution in [0.3, 0.4) is 0 Å². The Bertz CT molecular complexity index is 711. The summed E-state index contributed by atoms with van der Waals surface area (Å²) in [5, 5.41) is 21.9. The van der Waals surface area contributed by atoms with Crippen molar-refractivity contribution < 1.29 is 23.2 Å². The van der Waals surface area contributed by atoms with Gasteiger partial charge in [-0.25, -0.2) is 13.4 Å². The lowest BCUT2D eigenvalue weighted by Crippen LogP contribution is -2.46. The molecule has 1 aliphatic heterocycles. The Morgan fingerprint density at radius 2 is 2.26 bits per heavy atom. The van der Waals surface area contributed by atoms with Gasteiger partial charge in [0.05, 0.1) is 16.6 Å². The minimum atomic E-state index is -4.28. The molecule has 1 fully saturated rings. The number of halogens is 1. The third-order valence-corrected chi connectivity index (χ3v) is 5.35. The number of phenolic OH excluding ortho intramolecular Hbond substituents is 1. The fourth-order valence-corrected chi connectivity index (χ4v) is 4.24. The van der Waals surface area contributed by atoms with Gasteiger partial charge in [0.2, 0.25) is 5.75 Å². The Balaban J connectivity index is 2.36. The van der Waals surface area contributed by atoms with Crippen molar-refractivity contribution in [1.82, 2.24) is 9.84 Å². The lowest BCUT2D eigenvalue weighted by Gasteiger charge is -2.24. The largest absolute Gasteiger partial charge is 0.501 e. The second-order valence-electron chi connectivity index (χ2n) is 5.04. The van der Waals surface area contributed by atoms with Crippen LogP contribution >= 0.6 is 11.6 Å². The van der Waals surface area contributed by atoms with Gasteiger partial charge >= 0.3 is 5.69 Å². The summed E-state index contributed by atoms with van der Waals surface area (Å²) in [6.45, 7) is 0.789. The molecule has 128 valence electrons. The Hall–Kier alpha value is -1.46. The van der Waals surface area contributed by atoms with Crippen LogP contribution in [0, 0.1) is 10.1 Å². The first kappa shape index (κ1) is 17.9. The van der Waals surface area contributed by atoms with Crippen molar-refractivity contribution in [1.29, 1.82) is 0 Å². The predicted molar refractivity (Wildman–Crippen MR) is 81.7 cm³/mol. The number of rotatable bonds is 6. The van der Waals surface area contributed by atoms with E-state index in [0.29, 0.717) is 13.2 Å². The van der Waals surface area contributed by atoms with Gasteiger partial charge in [-0.05, 0) is 18.9 Å². The number of methoxy groups -OCH3 is 1. The summed E-state index contributed by atoms with van der Waals surface area (Å²) < 4.78 is 30.0. The van der Waals surface area contributed by atoms with Crippen LogP contribution in [-0.2, 0) is 14.8 Å². The minimum absolute atomic E-state index is 0.158. The molecule has 23 heavy (non-hydrogen) atoms. The molecule has 0 unspecified atom stereocenters. The number of hydrazine groups is 1. The number of nitro groups is 1. The third kappa shape index (κ3) is 3.72. The summed E-state index contributed by atoms with van der Waals surface area (Å²) in [6, 6.07) is 1.85. The van der Waals surface area contributed by atoms with Crippen LogP contribution in [0.1, 0.15) is 12.8 Å². The molecule has 0 saturated carbocycles. The molecular formula is C12H16ClN3O6S. The topological polar surface area (TPSA) is 122 Å². The smallest absolute Gasteiger partial charge is 0.312 e. The molecule has 11 heteroatoms. The second kappa shape index (κ2) is 6.97. The van der Waals surface area contributed by atoms with E-state index in [1.165, 1.54) is 12.1 Å². The molecule has 0 amide bonds. The molecule has 1 saturated heterocycles. The van der Waals surface area contributed by atoms with E-state index < -0.39 is 31.3 Å². The fraction of sp³-hybridized carbons (Fsp3) is 0.500. The number of nitrogens with one attached hydrogen (secondary N) is 1. The molecule has 2 N–H and O–H groups in total. The van der Waals surface area contributed by atoms with Gasteiger partial charge in [-0.1, -0.05) is 11.6 Å². The molecular weight excluding hydrogens is 350 g/mol. The minimum Gasteiger partial charge on any atom is -0.501 e. The van der Waals surface area contributed by atoms with E-state index in [-0.39, 0.29) is 11.1 Å². The van der Waals surface area contributed by atoms with Crippen LogP contribution in [-0.4, -0.2) is 49.8 Å². The Labute approximate surface area is 138 Å². The van der Waals surface area contributed by atoms with Gasteiger partial charge in [-0.15, -0.1) is 4.83 Å². The van der Waals surface area contributed by atoms with Crippen molar-refractivity contribution >= 4 is 27.3 Å². The first-order valence-corrected chi connectivity index (χ1v) is 8.58. The summed E-state index contributed by atoms with van der Waals surface area (Å²) >= 11 is 5.83. The molecule has 0 spiro atoms. The Morgan fingerprint density at radius 1 is 1.57 bits per heavy atom. The number of nitro benzene ring substituents is 1. The van der Waals surface area contributed by atoms with Gasteiger partial charge in [-0.2, -0.15) is 0 Å². The van der Waals surface area contributed by atoms with E-state index >= 15 is 0 Å². The van der Waals surface area contributed by atoms with Crippen molar-refractivity contribution in [2.24, 2.45) is 0 Å². The lowest BCUT2D eigenvalue weighted by atomic mass is 10.2. The second-order valence-corrected chi connectivity index (χ2v) is 7.05. The molecule has 2 rings (SSSR count). The third-order valence-electron chi connectivity index (χ3n) is 3.50. The van der Waals surface area contributed by atoms with Gasteiger partial charge in [0.1, 0.15) is 0 Å². The first-order chi connectivity index (χ1) is 10.8. The van der Waals surface area contributed by atoms with Gasteiger partial charge in [0.15, 0.2) is 4.90 Å². The maximum Gasteiger partial charge on any atom is 0.312 e. The zero-order valence-corrected chi connectivity index (χ0v) is 13.8. The molecule has 0 aliphatic carbocycles. The molecule has 1 aromatic carbocycles. The van der Waals surface area contributed by atoms with Crippen molar-refractivity contribution in [2.75, 3.05) is 20.3 Å². The summed E-state index contributed by atoms with van der Waals surface area (Å²) in [5.74, 6) is -0.988. The normalized spacial score (nSPS) is 19.1. The average Bonchev–Trinajstić information content (AvgIpc) is 2.85. The van der Waals surface area contributed by atoms with Gasteiger partial charge in [0, 0.05) is 25.8 Å². The molecule has 0 bridgehead atoms. The highest BCUT2D eigenvalue weighted by molar-refractivity contribution is 7.89. The number of benzene rings is 1. The number of phenols is 1. The zero-order valence-electron chi connectivity index (χ0n) is 12.2. The number of aromatic hydroxyl groups is 1. The van der Waals surface area contributed by atoms with Crippen molar-refractivity contribution in [3.8, 4) is 5.75 Å². The fourth-order valence-electron chi connectivity index (χ4n) is 2.46. The molecule has 1 atom stereocenters. The number of nitrogens with zero attached hydrogens (tertiary/aromatic N) is 2. The molecule has 0 aromatic heterocycles. The van der Waals surface area contributed by atoms with Crippen LogP contribution in [0.25, 0.3) is 0 Å². The van der Waals surface area contributed by atoms with E-state index in [4.69, 9.17) is 16.3 Å². The van der Waals surface area contributed by atoms with Crippen molar-refractivity contribution in [3.63, 3.8) is 0 Å². The molecule has 1 aliphatic rings. The quantitative estimate of drug-likeness (QED) is 0.574. The molecule has 9 nitrogen and oxygen atoms in total. The Kier molecular flexibility index (Phi) is 5.42. The monoisotopic (exact) mass is 365 g/mol. The van der Waals surface area contributed by atoms with E-state index in [1.54, 1.807) is 0 Å². The number of hydrogen-bond donors (Lipinski definition) is 2. The summed E-state index contributed by atoms with van der Waals surface area (Å²) in [7, 11) is -2.77. The number of sulfonamides is 1. The van der Waals surface area contributed by atoms with E-state index in [1.807, 2.05) is 0 Å². The highest BCUT2D eigenvalue weighted by atomic mass is 35.5. The zero-order chi connectivity index (χ0) is 17.2. The van der Waals surface area contributed by atoms with Crippen LogP contribution in [0.4, 0.5) is 5.69 Å². The number of ether oxygens (including phenoxy) is 1. The van der Waals surface area contributed by atoms with Gasteiger partial charge < -0.3 is 9.84 Å². The van der Waals surface area contributed by atoms with Crippen molar-refractivity contribution in [3.05, 3.63) is 27.3 Å². The van der Waals surface area contributed by atoms with Crippen LogP contribution < -0.4 is 4.83 Å². The van der Waals surface area contributed by atoms with Crippen LogP contribution in [0.15, 0.2) is 17.0 Å². The summed E-state index contributed by atoms with van der Waals surface area (Å²) in [4.78, 5) is 11.6. The average molecular weight is 366 g/mol. The Morgan fingerprint density at radius 3 is 2.87 bits per heavy atom. The molecule has 1 heterocycles. The van der Waals surface area contributed by atoms with E-state index in [9.17, 15) is 23.6 Å². The first-order valence-electron chi connectivity index (χ1n) is 6.72. The maximum absolute atomic E-state index is 12.5. The van der Waals surface area contributed by atoms with E-state index in [0.717, 1.165) is 25.0 Å². The highest BCUT2D eigenvalue weighted by Crippen LogP contribution is 2.38. The molecule has 0 radical (unpaired) electrons. The SMILES string of the molecule is COC[C@@H]1CCCN1NS(=O)(=O)c1c(Cl)ccc([N+](=O)[O-])c1O. The highest BCUT2D eigenvalue weighted by Gasteiger charge is 2.33.